The van der Waals surface area contributed by atoms with Crippen LogP contribution in [0.5, 0.6) is 0 Å². The van der Waals surface area contributed by atoms with Crippen LogP contribution in [0.2, 0.25) is 0 Å². The van der Waals surface area contributed by atoms with Crippen LogP contribution in [0.4, 0.5) is 0 Å². The summed E-state index contributed by atoms with van der Waals surface area (Å²) in [6, 6.07) is 9.32. The first-order valence-corrected chi connectivity index (χ1v) is 4.34. The number of rotatable bonds is 3. The third kappa shape index (κ3) is 2.16. The zero-order chi connectivity index (χ0) is 10.7. The van der Waals surface area contributed by atoms with Crippen LogP contribution in [0.3, 0.4) is 0 Å². The predicted octanol–water partition coefficient (Wildman–Crippen LogP) is 1.04. The molecule has 0 unspecified atom stereocenters. The molecule has 0 aliphatic heterocycles. The summed E-state index contributed by atoms with van der Waals surface area (Å²) in [6.07, 6.45) is 1.55. The van der Waals surface area contributed by atoms with Crippen molar-refractivity contribution >= 4 is 0 Å². The van der Waals surface area contributed by atoms with Crippen molar-refractivity contribution in [2.45, 2.75) is 6.54 Å². The molecule has 0 aliphatic rings. The first-order chi connectivity index (χ1) is 7.25. The zero-order valence-electron chi connectivity index (χ0n) is 7.78. The number of hydrogen-bond donors (Lipinski definition) is 0. The van der Waals surface area contributed by atoms with E-state index in [0.29, 0.717) is 5.69 Å². The smallest absolute Gasteiger partial charge is 0.248 e. The lowest BCUT2D eigenvalue weighted by Gasteiger charge is -1.96. The van der Waals surface area contributed by atoms with Crippen molar-refractivity contribution in [1.29, 1.82) is 0 Å². The van der Waals surface area contributed by atoms with Gasteiger partial charge in [-0.2, -0.15) is 0 Å². The van der Waals surface area contributed by atoms with E-state index in [4.69, 9.17) is 0 Å². The molecule has 0 saturated heterocycles. The molecule has 0 amide bonds. The topological polar surface area (TPSA) is 73.8 Å². The highest BCUT2D eigenvalue weighted by Crippen LogP contribution is 2.05. The molecule has 0 bridgehead atoms. The Morgan fingerprint density at radius 1 is 1.33 bits per heavy atom. The van der Waals surface area contributed by atoms with Crippen molar-refractivity contribution in [2.24, 2.45) is 0 Å². The maximum absolute atomic E-state index is 10.2. The van der Waals surface area contributed by atoms with Crippen LogP contribution in [0.25, 0.3) is 5.69 Å². The van der Waals surface area contributed by atoms with E-state index in [0.717, 1.165) is 5.69 Å². The maximum Gasteiger partial charge on any atom is 0.248 e. The minimum absolute atomic E-state index is 0.299. The van der Waals surface area contributed by atoms with Crippen LogP contribution in [0.1, 0.15) is 5.69 Å². The van der Waals surface area contributed by atoms with Crippen molar-refractivity contribution in [1.82, 2.24) is 15.0 Å². The summed E-state index contributed by atoms with van der Waals surface area (Å²) in [5.41, 5.74) is 1.18. The van der Waals surface area contributed by atoms with Crippen molar-refractivity contribution in [3.05, 3.63) is 52.3 Å². The van der Waals surface area contributed by atoms with Gasteiger partial charge in [-0.05, 0) is 12.1 Å². The Kier molecular flexibility index (Phi) is 2.40. The third-order valence-electron chi connectivity index (χ3n) is 1.85. The van der Waals surface area contributed by atoms with E-state index in [2.05, 4.69) is 10.3 Å². The number of nitro groups is 1. The molecule has 2 rings (SSSR count). The van der Waals surface area contributed by atoms with Gasteiger partial charge in [-0.1, -0.05) is 23.4 Å². The van der Waals surface area contributed by atoms with Gasteiger partial charge in [0, 0.05) is 4.92 Å². The van der Waals surface area contributed by atoms with Crippen LogP contribution in [0.15, 0.2) is 36.5 Å². The van der Waals surface area contributed by atoms with Gasteiger partial charge in [0.1, 0.15) is 0 Å². The first kappa shape index (κ1) is 9.32. The second-order valence-electron chi connectivity index (χ2n) is 2.98. The summed E-state index contributed by atoms with van der Waals surface area (Å²) in [5.74, 6) is 0. The second kappa shape index (κ2) is 3.87. The Morgan fingerprint density at radius 2 is 2.07 bits per heavy atom. The van der Waals surface area contributed by atoms with Crippen molar-refractivity contribution in [2.75, 3.05) is 0 Å². The third-order valence-corrected chi connectivity index (χ3v) is 1.85. The van der Waals surface area contributed by atoms with Gasteiger partial charge in [-0.15, -0.1) is 5.10 Å². The van der Waals surface area contributed by atoms with E-state index >= 15 is 0 Å². The van der Waals surface area contributed by atoms with E-state index in [1.807, 2.05) is 30.3 Å². The molecule has 0 atom stereocenters. The fraction of sp³-hybridized carbons (Fsp3) is 0.111. The molecule has 0 spiro atoms. The molecule has 0 aliphatic carbocycles. The molecule has 0 saturated carbocycles. The quantitative estimate of drug-likeness (QED) is 0.553. The summed E-state index contributed by atoms with van der Waals surface area (Å²) in [5, 5.41) is 17.7. The fourth-order valence-electron chi connectivity index (χ4n) is 1.21. The van der Waals surface area contributed by atoms with E-state index in [1.54, 1.807) is 6.20 Å². The van der Waals surface area contributed by atoms with Crippen molar-refractivity contribution in [3.63, 3.8) is 0 Å². The molecule has 6 heteroatoms. The van der Waals surface area contributed by atoms with Gasteiger partial charge in [-0.3, -0.25) is 10.1 Å². The molecule has 0 radical (unpaired) electrons. The Bertz CT molecular complexity index is 466. The summed E-state index contributed by atoms with van der Waals surface area (Å²) in [6.45, 7) is -0.299. The number of aromatic nitrogens is 3. The minimum Gasteiger partial charge on any atom is -0.264 e. The van der Waals surface area contributed by atoms with E-state index in [9.17, 15) is 10.1 Å². The van der Waals surface area contributed by atoms with Gasteiger partial charge < -0.3 is 0 Å². The van der Waals surface area contributed by atoms with Crippen LogP contribution >= 0.6 is 0 Å². The van der Waals surface area contributed by atoms with Gasteiger partial charge in [0.25, 0.3) is 0 Å². The molecule has 0 fully saturated rings. The maximum atomic E-state index is 10.2. The lowest BCUT2D eigenvalue weighted by atomic mass is 10.3. The van der Waals surface area contributed by atoms with E-state index in [-0.39, 0.29) is 6.54 Å². The molecule has 1 aromatic heterocycles. The highest BCUT2D eigenvalue weighted by molar-refractivity contribution is 5.29. The van der Waals surface area contributed by atoms with Gasteiger partial charge in [0.05, 0.1) is 11.9 Å². The first-order valence-electron chi connectivity index (χ1n) is 4.34. The van der Waals surface area contributed by atoms with Gasteiger partial charge >= 0.3 is 0 Å². The molecule has 76 valence electrons. The SMILES string of the molecule is O=[N+]([O-])Cc1cn(-c2ccccc2)nn1. The minimum atomic E-state index is -0.431. The molecule has 15 heavy (non-hydrogen) atoms. The summed E-state index contributed by atoms with van der Waals surface area (Å²) >= 11 is 0. The molecular weight excluding hydrogens is 196 g/mol. The number of hydrogen-bond acceptors (Lipinski definition) is 4. The zero-order valence-corrected chi connectivity index (χ0v) is 7.78. The Labute approximate surface area is 85.3 Å². The normalized spacial score (nSPS) is 10.1. The Hall–Kier alpha value is -2.24. The number of benzene rings is 1. The van der Waals surface area contributed by atoms with Gasteiger partial charge in [-0.25, -0.2) is 4.68 Å². The number of nitrogens with zero attached hydrogens (tertiary/aromatic N) is 4. The summed E-state index contributed by atoms with van der Waals surface area (Å²) in [7, 11) is 0. The van der Waals surface area contributed by atoms with E-state index in [1.165, 1.54) is 4.68 Å². The second-order valence-corrected chi connectivity index (χ2v) is 2.98. The summed E-state index contributed by atoms with van der Waals surface area (Å²) < 4.78 is 1.51. The molecule has 2 aromatic rings. The largest absolute Gasteiger partial charge is 0.264 e. The average molecular weight is 204 g/mol. The van der Waals surface area contributed by atoms with Crippen LogP contribution < -0.4 is 0 Å². The highest BCUT2D eigenvalue weighted by atomic mass is 16.6. The molecular formula is C9H8N4O2. The summed E-state index contributed by atoms with van der Waals surface area (Å²) in [4.78, 5) is 9.81. The molecule has 1 heterocycles. The van der Waals surface area contributed by atoms with Gasteiger partial charge in [0.2, 0.25) is 6.54 Å². The van der Waals surface area contributed by atoms with Crippen LogP contribution in [-0.4, -0.2) is 19.9 Å². The predicted molar refractivity (Wildman–Crippen MR) is 52.1 cm³/mol. The average Bonchev–Trinajstić information content (AvgIpc) is 2.67. The van der Waals surface area contributed by atoms with E-state index < -0.39 is 4.92 Å². The fourth-order valence-corrected chi connectivity index (χ4v) is 1.21. The highest BCUT2D eigenvalue weighted by Gasteiger charge is 2.07. The molecule has 1 aromatic carbocycles. The monoisotopic (exact) mass is 204 g/mol. The molecule has 6 nitrogen and oxygen atoms in total. The Balaban J connectivity index is 2.24. The number of para-hydroxylation sites is 1. The Morgan fingerprint density at radius 3 is 2.73 bits per heavy atom. The van der Waals surface area contributed by atoms with Crippen LogP contribution in [0, 0.1) is 10.1 Å². The lowest BCUT2D eigenvalue weighted by Crippen LogP contribution is -1.98. The lowest BCUT2D eigenvalue weighted by molar-refractivity contribution is -0.497. The standard InChI is InChI=1S/C9H8N4O2/c14-13(15)7-8-6-12(11-10-8)9-4-2-1-3-5-9/h1-6H,7H2. The van der Waals surface area contributed by atoms with Crippen LogP contribution in [-0.2, 0) is 6.54 Å². The molecule has 0 N–H and O–H groups in total. The van der Waals surface area contributed by atoms with Gasteiger partial charge in [0.15, 0.2) is 5.69 Å². The van der Waals surface area contributed by atoms with Crippen molar-refractivity contribution < 1.29 is 4.92 Å². The van der Waals surface area contributed by atoms with Crippen molar-refractivity contribution in [3.8, 4) is 5.69 Å².